The Bertz CT molecular complexity index is 1130. The van der Waals surface area contributed by atoms with Gasteiger partial charge in [-0.2, -0.15) is 5.26 Å². The van der Waals surface area contributed by atoms with E-state index in [0.29, 0.717) is 23.3 Å². The summed E-state index contributed by atoms with van der Waals surface area (Å²) < 4.78 is 12.5. The van der Waals surface area contributed by atoms with Crippen LogP contribution in [0.15, 0.2) is 60.7 Å². The van der Waals surface area contributed by atoms with Crippen molar-refractivity contribution in [2.75, 3.05) is 6.61 Å². The highest BCUT2D eigenvalue weighted by molar-refractivity contribution is 6.35. The third-order valence-electron chi connectivity index (χ3n) is 5.96. The molecule has 5 heteroatoms. The molecule has 0 atom stereocenters. The smallest absolute Gasteiger partial charge is 0.131 e. The Morgan fingerprint density at radius 1 is 0.857 bits per heavy atom. The van der Waals surface area contributed by atoms with Crippen molar-refractivity contribution in [3.8, 4) is 28.7 Å². The molecule has 0 N–H and O–H groups in total. The van der Waals surface area contributed by atoms with Crippen LogP contribution in [0.2, 0.25) is 10.0 Å². The van der Waals surface area contributed by atoms with E-state index in [2.05, 4.69) is 19.1 Å². The molecular weight excluding hydrogens is 477 g/mol. The summed E-state index contributed by atoms with van der Waals surface area (Å²) in [7, 11) is 0. The van der Waals surface area contributed by atoms with Crippen LogP contribution in [0.25, 0.3) is 11.1 Å². The number of halogens is 2. The quantitative estimate of drug-likeness (QED) is 0.228. The van der Waals surface area contributed by atoms with Crippen molar-refractivity contribution < 1.29 is 9.47 Å². The van der Waals surface area contributed by atoms with Crippen molar-refractivity contribution in [2.24, 2.45) is 5.41 Å². The number of aryl methyl sites for hydroxylation is 1. The summed E-state index contributed by atoms with van der Waals surface area (Å²) in [5, 5.41) is 10.3. The Morgan fingerprint density at radius 3 is 2.23 bits per heavy atom. The normalized spacial score (nSPS) is 11.2. The fourth-order valence-corrected chi connectivity index (χ4v) is 4.42. The molecule has 0 radical (unpaired) electrons. The zero-order chi connectivity index (χ0) is 25.3. The van der Waals surface area contributed by atoms with E-state index in [1.165, 1.54) is 0 Å². The summed E-state index contributed by atoms with van der Waals surface area (Å²) in [6.45, 7) is 7.17. The van der Waals surface area contributed by atoms with Crippen LogP contribution < -0.4 is 9.47 Å². The van der Waals surface area contributed by atoms with Crippen LogP contribution in [0.4, 0.5) is 0 Å². The van der Waals surface area contributed by atoms with E-state index in [9.17, 15) is 5.26 Å². The lowest BCUT2D eigenvalue weighted by atomic mass is 9.89. The minimum atomic E-state index is -0.264. The standard InChI is InChI=1S/C30H33Cl2NO2/c1-4-23-17-27(24-15-25(31)18-26(32)16-24)29(35-20-22-11-7-5-8-12-22)19-28(23)34-14-10-6-9-13-30(2,3)21-33/h5,7-8,11-12,15-19H,4,6,9-10,13-14,20H2,1-3H3. The molecule has 0 bridgehead atoms. The highest BCUT2D eigenvalue weighted by Crippen LogP contribution is 2.39. The summed E-state index contributed by atoms with van der Waals surface area (Å²) in [5.41, 5.74) is 3.78. The van der Waals surface area contributed by atoms with Crippen molar-refractivity contribution in [1.82, 2.24) is 0 Å². The largest absolute Gasteiger partial charge is 0.493 e. The first kappa shape index (κ1) is 26.9. The van der Waals surface area contributed by atoms with Gasteiger partial charge in [-0.3, -0.25) is 0 Å². The Morgan fingerprint density at radius 2 is 1.57 bits per heavy atom. The topological polar surface area (TPSA) is 42.2 Å². The average Bonchev–Trinajstić information content (AvgIpc) is 2.84. The first-order valence-corrected chi connectivity index (χ1v) is 12.9. The molecule has 0 spiro atoms. The van der Waals surface area contributed by atoms with Gasteiger partial charge in [-0.25, -0.2) is 0 Å². The van der Waals surface area contributed by atoms with Gasteiger partial charge in [0, 0.05) is 21.7 Å². The first-order chi connectivity index (χ1) is 16.8. The van der Waals surface area contributed by atoms with Crippen molar-refractivity contribution >= 4 is 23.2 Å². The number of benzene rings is 3. The van der Waals surface area contributed by atoms with E-state index in [1.54, 1.807) is 6.07 Å². The molecule has 0 aliphatic heterocycles. The lowest BCUT2D eigenvalue weighted by Gasteiger charge is -2.18. The summed E-state index contributed by atoms with van der Waals surface area (Å²) in [6.07, 6.45) is 4.72. The summed E-state index contributed by atoms with van der Waals surface area (Å²) in [6, 6.07) is 22.1. The molecule has 0 amide bonds. The second-order valence-electron chi connectivity index (χ2n) is 9.40. The zero-order valence-electron chi connectivity index (χ0n) is 20.7. The van der Waals surface area contributed by atoms with Crippen molar-refractivity contribution in [1.29, 1.82) is 5.26 Å². The van der Waals surface area contributed by atoms with Gasteiger partial charge in [-0.15, -0.1) is 0 Å². The van der Waals surface area contributed by atoms with Gasteiger partial charge in [0.1, 0.15) is 18.1 Å². The highest BCUT2D eigenvalue weighted by Gasteiger charge is 2.16. The summed E-state index contributed by atoms with van der Waals surface area (Å²) in [5.74, 6) is 1.57. The fourth-order valence-electron chi connectivity index (χ4n) is 3.89. The molecular formula is C30H33Cl2NO2. The maximum atomic E-state index is 9.18. The number of hydrogen-bond acceptors (Lipinski definition) is 3. The predicted molar refractivity (Wildman–Crippen MR) is 145 cm³/mol. The number of hydrogen-bond donors (Lipinski definition) is 0. The molecule has 0 aliphatic rings. The van der Waals surface area contributed by atoms with E-state index in [1.807, 2.05) is 62.4 Å². The second kappa shape index (κ2) is 12.9. The van der Waals surface area contributed by atoms with Crippen LogP contribution in [0.3, 0.4) is 0 Å². The molecule has 3 nitrogen and oxygen atoms in total. The van der Waals surface area contributed by atoms with E-state index in [0.717, 1.165) is 65.9 Å². The van der Waals surface area contributed by atoms with E-state index in [4.69, 9.17) is 32.7 Å². The fraction of sp³-hybridized carbons (Fsp3) is 0.367. The van der Waals surface area contributed by atoms with Crippen molar-refractivity contribution in [2.45, 2.75) is 59.5 Å². The molecule has 0 aliphatic carbocycles. The molecule has 35 heavy (non-hydrogen) atoms. The van der Waals surface area contributed by atoms with Gasteiger partial charge in [0.15, 0.2) is 0 Å². The lowest BCUT2D eigenvalue weighted by Crippen LogP contribution is -2.07. The van der Waals surface area contributed by atoms with Crippen molar-refractivity contribution in [3.63, 3.8) is 0 Å². The van der Waals surface area contributed by atoms with Crippen LogP contribution in [0, 0.1) is 16.7 Å². The van der Waals surface area contributed by atoms with Gasteiger partial charge in [0.2, 0.25) is 0 Å². The Kier molecular flexibility index (Phi) is 9.90. The molecule has 184 valence electrons. The van der Waals surface area contributed by atoms with Gasteiger partial charge in [0.25, 0.3) is 0 Å². The average molecular weight is 511 g/mol. The zero-order valence-corrected chi connectivity index (χ0v) is 22.3. The molecule has 0 aromatic heterocycles. The molecule has 3 rings (SSSR count). The third-order valence-corrected chi connectivity index (χ3v) is 6.40. The van der Waals surface area contributed by atoms with Crippen LogP contribution in [0.5, 0.6) is 11.5 Å². The van der Waals surface area contributed by atoms with Crippen LogP contribution in [-0.4, -0.2) is 6.61 Å². The molecule has 0 saturated heterocycles. The SMILES string of the molecule is CCc1cc(-c2cc(Cl)cc(Cl)c2)c(OCc2ccccc2)cc1OCCCCCC(C)(C)C#N. The molecule has 3 aromatic carbocycles. The van der Waals surface area contributed by atoms with Gasteiger partial charge in [0.05, 0.1) is 18.1 Å². The number of unbranched alkanes of at least 4 members (excludes halogenated alkanes) is 2. The first-order valence-electron chi connectivity index (χ1n) is 12.2. The number of nitriles is 1. The third kappa shape index (κ3) is 8.20. The monoisotopic (exact) mass is 509 g/mol. The minimum absolute atomic E-state index is 0.264. The Hall–Kier alpha value is -2.67. The van der Waals surface area contributed by atoms with Crippen LogP contribution in [-0.2, 0) is 13.0 Å². The molecule has 0 fully saturated rings. The van der Waals surface area contributed by atoms with E-state index in [-0.39, 0.29) is 5.41 Å². The number of ether oxygens (including phenoxy) is 2. The lowest BCUT2D eigenvalue weighted by molar-refractivity contribution is 0.286. The predicted octanol–water partition coefficient (Wildman–Crippen LogP) is 9.29. The second-order valence-corrected chi connectivity index (χ2v) is 10.3. The van der Waals surface area contributed by atoms with Gasteiger partial charge in [-0.1, -0.05) is 73.3 Å². The van der Waals surface area contributed by atoms with Crippen LogP contribution in [0.1, 0.15) is 57.6 Å². The minimum Gasteiger partial charge on any atom is -0.493 e. The maximum absolute atomic E-state index is 9.18. The summed E-state index contributed by atoms with van der Waals surface area (Å²) in [4.78, 5) is 0. The summed E-state index contributed by atoms with van der Waals surface area (Å²) >= 11 is 12.6. The van der Waals surface area contributed by atoms with Gasteiger partial charge >= 0.3 is 0 Å². The highest BCUT2D eigenvalue weighted by atomic mass is 35.5. The maximum Gasteiger partial charge on any atom is 0.131 e. The van der Waals surface area contributed by atoms with E-state index < -0.39 is 0 Å². The van der Waals surface area contributed by atoms with Gasteiger partial charge < -0.3 is 9.47 Å². The van der Waals surface area contributed by atoms with Crippen molar-refractivity contribution in [3.05, 3.63) is 81.8 Å². The molecule has 0 heterocycles. The Balaban J connectivity index is 1.79. The van der Waals surface area contributed by atoms with Gasteiger partial charge in [-0.05, 0) is 74.1 Å². The van der Waals surface area contributed by atoms with Crippen LogP contribution >= 0.6 is 23.2 Å². The molecule has 0 unspecified atom stereocenters. The number of rotatable bonds is 12. The molecule has 0 saturated carbocycles. The Labute approximate surface area is 219 Å². The van der Waals surface area contributed by atoms with E-state index >= 15 is 0 Å². The molecule has 3 aromatic rings. The number of nitrogens with zero attached hydrogens (tertiary/aromatic N) is 1.